The molecule has 0 aliphatic heterocycles. The Bertz CT molecular complexity index is 122. The number of nitrogens with two attached hydrogens (primary N) is 1. The van der Waals surface area contributed by atoms with Crippen LogP contribution in [0.4, 0.5) is 0 Å². The fourth-order valence-electron chi connectivity index (χ4n) is 2.74. The first-order valence-corrected chi connectivity index (χ1v) is 4.04. The maximum Gasteiger partial charge on any atom is 0.00725 e. The van der Waals surface area contributed by atoms with Crippen LogP contribution in [-0.4, -0.2) is 6.04 Å². The largest absolute Gasteiger partial charge is 0.327 e. The van der Waals surface area contributed by atoms with Gasteiger partial charge in [0.1, 0.15) is 0 Å². The van der Waals surface area contributed by atoms with E-state index in [2.05, 4.69) is 6.92 Å². The molecule has 1 nitrogen and oxygen atoms in total. The summed E-state index contributed by atoms with van der Waals surface area (Å²) in [5.41, 5.74) is 5.91. The third-order valence-corrected chi connectivity index (χ3v) is 3.41. The molecule has 9 heavy (non-hydrogen) atoms. The summed E-state index contributed by atoms with van der Waals surface area (Å²) in [7, 11) is 0. The quantitative estimate of drug-likeness (QED) is 0.520. The molecule has 1 heteroatoms. The molecule has 2 aliphatic carbocycles. The zero-order valence-electron chi connectivity index (χ0n) is 6.01. The van der Waals surface area contributed by atoms with E-state index in [-0.39, 0.29) is 0 Å². The van der Waals surface area contributed by atoms with Crippen LogP contribution in [0.2, 0.25) is 0 Å². The SMILES string of the molecule is C[C@H]1C2CC[C@H]1CC2N. The predicted molar refractivity (Wildman–Crippen MR) is 38.0 cm³/mol. The maximum absolute atomic E-state index is 5.91. The van der Waals surface area contributed by atoms with Crippen molar-refractivity contribution < 1.29 is 0 Å². The topological polar surface area (TPSA) is 26.0 Å². The van der Waals surface area contributed by atoms with E-state index in [0.717, 1.165) is 17.8 Å². The molecule has 2 fully saturated rings. The molecule has 52 valence electrons. The van der Waals surface area contributed by atoms with Gasteiger partial charge in [-0.1, -0.05) is 6.92 Å². The van der Waals surface area contributed by atoms with Gasteiger partial charge in [-0.3, -0.25) is 0 Å². The summed E-state index contributed by atoms with van der Waals surface area (Å²) >= 11 is 0. The van der Waals surface area contributed by atoms with Crippen LogP contribution in [-0.2, 0) is 0 Å². The highest BCUT2D eigenvalue weighted by Gasteiger charge is 2.43. The second kappa shape index (κ2) is 1.72. The first-order valence-electron chi connectivity index (χ1n) is 4.04. The summed E-state index contributed by atoms with van der Waals surface area (Å²) < 4.78 is 0. The molecule has 2 N–H and O–H groups in total. The van der Waals surface area contributed by atoms with Gasteiger partial charge in [-0.15, -0.1) is 0 Å². The van der Waals surface area contributed by atoms with Crippen molar-refractivity contribution in [2.45, 2.75) is 32.2 Å². The van der Waals surface area contributed by atoms with Crippen molar-refractivity contribution in [3.05, 3.63) is 0 Å². The molecular weight excluding hydrogens is 110 g/mol. The molecule has 0 radical (unpaired) electrons. The van der Waals surface area contributed by atoms with E-state index in [1.165, 1.54) is 19.3 Å². The lowest BCUT2D eigenvalue weighted by Crippen LogP contribution is -2.27. The van der Waals surface area contributed by atoms with Crippen LogP contribution in [0.3, 0.4) is 0 Å². The van der Waals surface area contributed by atoms with Gasteiger partial charge < -0.3 is 5.73 Å². The third kappa shape index (κ3) is 0.644. The second-order valence-corrected chi connectivity index (χ2v) is 3.76. The first-order chi connectivity index (χ1) is 4.29. The maximum atomic E-state index is 5.91. The van der Waals surface area contributed by atoms with Crippen LogP contribution < -0.4 is 5.73 Å². The lowest BCUT2D eigenvalue weighted by molar-refractivity contribution is 0.407. The molecule has 0 aromatic rings. The molecule has 0 heterocycles. The van der Waals surface area contributed by atoms with E-state index in [0.29, 0.717) is 6.04 Å². The van der Waals surface area contributed by atoms with Crippen molar-refractivity contribution >= 4 is 0 Å². The molecule has 2 rings (SSSR count). The number of fused-ring (bicyclic) bond motifs is 2. The summed E-state index contributed by atoms with van der Waals surface area (Å²) in [6, 6.07) is 0.554. The first kappa shape index (κ1) is 5.72. The van der Waals surface area contributed by atoms with Crippen LogP contribution >= 0.6 is 0 Å². The van der Waals surface area contributed by atoms with Crippen LogP contribution in [0.25, 0.3) is 0 Å². The van der Waals surface area contributed by atoms with Crippen molar-refractivity contribution in [3.63, 3.8) is 0 Å². The zero-order valence-corrected chi connectivity index (χ0v) is 6.01. The minimum Gasteiger partial charge on any atom is -0.327 e. The highest BCUT2D eigenvalue weighted by atomic mass is 14.7. The minimum atomic E-state index is 0.554. The summed E-state index contributed by atoms with van der Waals surface area (Å²) in [4.78, 5) is 0. The average molecular weight is 125 g/mol. The average Bonchev–Trinajstić information content (AvgIpc) is 2.25. The van der Waals surface area contributed by atoms with Gasteiger partial charge in [0.15, 0.2) is 0 Å². The smallest absolute Gasteiger partial charge is 0.00725 e. The molecule has 0 amide bonds. The lowest BCUT2D eigenvalue weighted by Gasteiger charge is -2.15. The number of hydrogen-bond donors (Lipinski definition) is 1. The lowest BCUT2D eigenvalue weighted by atomic mass is 9.96. The predicted octanol–water partition coefficient (Wildman–Crippen LogP) is 1.38. The monoisotopic (exact) mass is 125 g/mol. The summed E-state index contributed by atoms with van der Waals surface area (Å²) in [5, 5.41) is 0. The van der Waals surface area contributed by atoms with Crippen molar-refractivity contribution in [3.8, 4) is 0 Å². The molecule has 2 saturated carbocycles. The van der Waals surface area contributed by atoms with Gasteiger partial charge in [-0.25, -0.2) is 0 Å². The Morgan fingerprint density at radius 2 is 2.11 bits per heavy atom. The van der Waals surface area contributed by atoms with E-state index in [1.807, 2.05) is 0 Å². The fourth-order valence-corrected chi connectivity index (χ4v) is 2.74. The molecule has 2 bridgehead atoms. The Morgan fingerprint density at radius 1 is 1.33 bits per heavy atom. The molecule has 2 aliphatic rings. The Kier molecular flexibility index (Phi) is 1.10. The van der Waals surface area contributed by atoms with Gasteiger partial charge in [0.2, 0.25) is 0 Å². The van der Waals surface area contributed by atoms with Crippen molar-refractivity contribution in [2.75, 3.05) is 0 Å². The second-order valence-electron chi connectivity index (χ2n) is 3.76. The Hall–Kier alpha value is -0.0400. The Balaban J connectivity index is 2.16. The van der Waals surface area contributed by atoms with E-state index >= 15 is 0 Å². The van der Waals surface area contributed by atoms with Crippen molar-refractivity contribution in [1.29, 1.82) is 0 Å². The van der Waals surface area contributed by atoms with Gasteiger partial charge in [-0.2, -0.15) is 0 Å². The van der Waals surface area contributed by atoms with Crippen LogP contribution in [0.5, 0.6) is 0 Å². The molecular formula is C8H15N. The molecule has 0 aromatic carbocycles. The molecule has 0 aromatic heterocycles. The van der Waals surface area contributed by atoms with Crippen LogP contribution in [0.1, 0.15) is 26.2 Å². The van der Waals surface area contributed by atoms with Gasteiger partial charge in [-0.05, 0) is 37.0 Å². The van der Waals surface area contributed by atoms with Gasteiger partial charge in [0.05, 0.1) is 0 Å². The highest BCUT2D eigenvalue weighted by Crippen LogP contribution is 2.48. The zero-order chi connectivity index (χ0) is 6.43. The summed E-state index contributed by atoms with van der Waals surface area (Å²) in [5.74, 6) is 2.82. The Morgan fingerprint density at radius 3 is 2.33 bits per heavy atom. The van der Waals surface area contributed by atoms with Gasteiger partial charge in [0, 0.05) is 6.04 Å². The van der Waals surface area contributed by atoms with Crippen molar-refractivity contribution in [2.24, 2.45) is 23.5 Å². The van der Waals surface area contributed by atoms with E-state index in [1.54, 1.807) is 0 Å². The molecule has 4 atom stereocenters. The number of hydrogen-bond acceptors (Lipinski definition) is 1. The van der Waals surface area contributed by atoms with Gasteiger partial charge in [0.25, 0.3) is 0 Å². The van der Waals surface area contributed by atoms with Crippen LogP contribution in [0, 0.1) is 17.8 Å². The standard InChI is InChI=1S/C8H15N/c1-5-6-2-3-7(5)8(9)4-6/h5-8H,2-4,9H2,1H3/t5-,6+,7?,8?/m1/s1. The normalized spacial score (nSPS) is 56.7. The summed E-state index contributed by atoms with van der Waals surface area (Å²) in [6.07, 6.45) is 4.18. The van der Waals surface area contributed by atoms with E-state index in [9.17, 15) is 0 Å². The summed E-state index contributed by atoms with van der Waals surface area (Å²) in [6.45, 7) is 2.37. The van der Waals surface area contributed by atoms with E-state index < -0.39 is 0 Å². The molecule has 0 spiro atoms. The number of rotatable bonds is 0. The fraction of sp³-hybridized carbons (Fsp3) is 1.00. The van der Waals surface area contributed by atoms with Gasteiger partial charge >= 0.3 is 0 Å². The minimum absolute atomic E-state index is 0.554. The third-order valence-electron chi connectivity index (χ3n) is 3.41. The highest BCUT2D eigenvalue weighted by molar-refractivity contribution is 4.96. The van der Waals surface area contributed by atoms with Crippen LogP contribution in [0.15, 0.2) is 0 Å². The van der Waals surface area contributed by atoms with E-state index in [4.69, 9.17) is 5.73 Å². The van der Waals surface area contributed by atoms with Crippen molar-refractivity contribution in [1.82, 2.24) is 0 Å². The Labute approximate surface area is 56.6 Å². The molecule has 2 unspecified atom stereocenters. The molecule has 0 saturated heterocycles.